The van der Waals surface area contributed by atoms with Gasteiger partial charge >= 0.3 is 0 Å². The molecule has 4 heterocycles. The van der Waals surface area contributed by atoms with E-state index in [0.29, 0.717) is 52.8 Å². The number of hydrogen-bond donors (Lipinski definition) is 0. The van der Waals surface area contributed by atoms with Crippen LogP contribution in [-0.2, 0) is 6.54 Å². The van der Waals surface area contributed by atoms with E-state index >= 15 is 0 Å². The van der Waals surface area contributed by atoms with Gasteiger partial charge in [-0.3, -0.25) is 13.9 Å². The molecule has 0 saturated heterocycles. The lowest BCUT2D eigenvalue weighted by atomic mass is 10.2. The van der Waals surface area contributed by atoms with Crippen molar-refractivity contribution in [3.63, 3.8) is 0 Å². The van der Waals surface area contributed by atoms with Crippen LogP contribution in [0, 0.1) is 20.8 Å². The zero-order valence-corrected chi connectivity index (χ0v) is 20.5. The lowest BCUT2D eigenvalue weighted by Crippen LogP contribution is -2.25. The Morgan fingerprint density at radius 1 is 1.20 bits per heavy atom. The van der Waals surface area contributed by atoms with Crippen molar-refractivity contribution in [3.05, 3.63) is 77.6 Å². The quantitative estimate of drug-likeness (QED) is 0.200. The highest BCUT2D eigenvalue weighted by Gasteiger charge is 2.28. The van der Waals surface area contributed by atoms with Crippen LogP contribution in [0.4, 0.5) is 0 Å². The molecule has 0 saturated carbocycles. The molecule has 0 spiro atoms. The molecule has 0 radical (unpaired) electrons. The van der Waals surface area contributed by atoms with Gasteiger partial charge in [-0.15, -0.1) is 16.8 Å². The first kappa shape index (κ1) is 23.0. The number of hydrogen-bond acceptors (Lipinski definition) is 8. The van der Waals surface area contributed by atoms with E-state index in [1.807, 2.05) is 66.3 Å². The minimum absolute atomic E-state index is 0.00422. The molecule has 1 aliphatic heterocycles. The number of ketones is 1. The zero-order chi connectivity index (χ0) is 24.5. The third-order valence-corrected chi connectivity index (χ3v) is 6.73. The maximum atomic E-state index is 13.2. The van der Waals surface area contributed by atoms with Crippen molar-refractivity contribution < 1.29 is 18.8 Å². The normalized spacial score (nSPS) is 14.8. The summed E-state index contributed by atoms with van der Waals surface area (Å²) in [5, 5.41) is 13.4. The van der Waals surface area contributed by atoms with Crippen LogP contribution in [0.25, 0.3) is 5.82 Å². The third kappa shape index (κ3) is 4.37. The standard InChI is InChI=1S/C25H25N5O4S/c1-5-10-29-24(22-13-32-20-8-6-7-9-21(20)33-22)26-27-25(29)35-14-19(31)18-11-15(2)30(17(18)4)23-12-16(3)34-28-23/h5-9,11-12,22H,1,10,13-14H2,2-4H3/t22-/m1/s1. The second-order valence-corrected chi connectivity index (χ2v) is 9.17. The minimum atomic E-state index is -0.410. The maximum absolute atomic E-state index is 13.2. The van der Waals surface area contributed by atoms with E-state index < -0.39 is 6.10 Å². The molecule has 1 atom stereocenters. The smallest absolute Gasteiger partial charge is 0.192 e. The number of aryl methyl sites for hydroxylation is 2. The van der Waals surface area contributed by atoms with E-state index in [-0.39, 0.29) is 11.5 Å². The summed E-state index contributed by atoms with van der Waals surface area (Å²) in [6.07, 6.45) is 1.36. The number of ether oxygens (including phenoxy) is 2. The number of Topliss-reactive ketones (excluding diaryl/α,β-unsaturated/α-hetero) is 1. The molecule has 0 aliphatic carbocycles. The molecule has 4 aromatic rings. The van der Waals surface area contributed by atoms with E-state index in [1.165, 1.54) is 11.8 Å². The summed E-state index contributed by atoms with van der Waals surface area (Å²) in [5.74, 6) is 3.59. The highest BCUT2D eigenvalue weighted by Crippen LogP contribution is 2.36. The van der Waals surface area contributed by atoms with Gasteiger partial charge in [-0.25, -0.2) is 0 Å². The number of nitrogens with zero attached hydrogens (tertiary/aromatic N) is 5. The van der Waals surface area contributed by atoms with Crippen LogP contribution < -0.4 is 9.47 Å². The van der Waals surface area contributed by atoms with Crippen molar-refractivity contribution in [2.24, 2.45) is 0 Å². The summed E-state index contributed by atoms with van der Waals surface area (Å²) >= 11 is 1.34. The highest BCUT2D eigenvalue weighted by molar-refractivity contribution is 7.99. The predicted octanol–water partition coefficient (Wildman–Crippen LogP) is 4.66. The Balaban J connectivity index is 1.34. The fourth-order valence-electron chi connectivity index (χ4n) is 4.16. The van der Waals surface area contributed by atoms with Gasteiger partial charge in [-0.05, 0) is 39.0 Å². The van der Waals surface area contributed by atoms with Crippen molar-refractivity contribution in [1.82, 2.24) is 24.5 Å². The van der Waals surface area contributed by atoms with Gasteiger partial charge in [0, 0.05) is 29.6 Å². The van der Waals surface area contributed by atoms with Crippen molar-refractivity contribution in [2.75, 3.05) is 12.4 Å². The minimum Gasteiger partial charge on any atom is -0.485 e. The van der Waals surface area contributed by atoms with Crippen LogP contribution in [-0.4, -0.2) is 42.6 Å². The van der Waals surface area contributed by atoms with Gasteiger partial charge in [-0.2, -0.15) is 0 Å². The largest absolute Gasteiger partial charge is 0.485 e. The number of benzene rings is 1. The van der Waals surface area contributed by atoms with E-state index in [1.54, 1.807) is 6.08 Å². The molecular weight excluding hydrogens is 466 g/mol. The molecule has 9 nitrogen and oxygen atoms in total. The van der Waals surface area contributed by atoms with Gasteiger partial charge in [0.15, 0.2) is 40.2 Å². The number of aromatic nitrogens is 5. The average Bonchev–Trinajstić information content (AvgIpc) is 3.54. The van der Waals surface area contributed by atoms with Crippen molar-refractivity contribution in [1.29, 1.82) is 0 Å². The molecule has 3 aromatic heterocycles. The summed E-state index contributed by atoms with van der Waals surface area (Å²) in [6, 6.07) is 11.3. The van der Waals surface area contributed by atoms with Gasteiger partial charge in [0.05, 0.1) is 5.75 Å². The monoisotopic (exact) mass is 491 g/mol. The molecule has 0 amide bonds. The summed E-state index contributed by atoms with van der Waals surface area (Å²) in [4.78, 5) is 13.2. The molecule has 35 heavy (non-hydrogen) atoms. The molecule has 0 N–H and O–H groups in total. The number of para-hydroxylation sites is 2. The Hall–Kier alpha value is -3.79. The number of carbonyl (C=O) groups excluding carboxylic acids is 1. The molecule has 10 heteroatoms. The molecule has 1 aromatic carbocycles. The fourth-order valence-corrected chi connectivity index (χ4v) is 4.99. The number of rotatable bonds is 8. The van der Waals surface area contributed by atoms with E-state index in [2.05, 4.69) is 21.9 Å². The number of fused-ring (bicyclic) bond motifs is 1. The summed E-state index contributed by atoms with van der Waals surface area (Å²) in [5.41, 5.74) is 2.38. The van der Waals surface area contributed by atoms with Gasteiger partial charge in [-0.1, -0.05) is 35.1 Å². The molecule has 0 bridgehead atoms. The number of allylic oxidation sites excluding steroid dienone is 1. The lowest BCUT2D eigenvalue weighted by Gasteiger charge is -2.26. The van der Waals surface area contributed by atoms with E-state index in [0.717, 1.165) is 11.4 Å². The first-order valence-electron chi connectivity index (χ1n) is 11.2. The predicted molar refractivity (Wildman–Crippen MR) is 131 cm³/mol. The third-order valence-electron chi connectivity index (χ3n) is 5.76. The van der Waals surface area contributed by atoms with Crippen LogP contribution in [0.2, 0.25) is 0 Å². The molecule has 0 fully saturated rings. The summed E-state index contributed by atoms with van der Waals surface area (Å²) in [7, 11) is 0. The first-order chi connectivity index (χ1) is 17.0. The average molecular weight is 492 g/mol. The second-order valence-electron chi connectivity index (χ2n) is 8.23. The van der Waals surface area contributed by atoms with Crippen LogP contribution in [0.5, 0.6) is 11.5 Å². The zero-order valence-electron chi connectivity index (χ0n) is 19.7. The molecule has 180 valence electrons. The Labute approximate surface area is 206 Å². The van der Waals surface area contributed by atoms with Crippen molar-refractivity contribution in [2.45, 2.75) is 38.6 Å². The Kier molecular flexibility index (Phi) is 6.21. The molecular formula is C25H25N5O4S. The van der Waals surface area contributed by atoms with Gasteiger partial charge in [0.25, 0.3) is 0 Å². The van der Waals surface area contributed by atoms with E-state index in [9.17, 15) is 4.79 Å². The summed E-state index contributed by atoms with van der Waals surface area (Å²) in [6.45, 7) is 10.4. The molecule has 1 aliphatic rings. The van der Waals surface area contributed by atoms with Gasteiger partial charge in [0.1, 0.15) is 12.4 Å². The first-order valence-corrected chi connectivity index (χ1v) is 12.2. The van der Waals surface area contributed by atoms with Crippen LogP contribution >= 0.6 is 11.8 Å². The Bertz CT molecular complexity index is 1400. The Morgan fingerprint density at radius 2 is 2.00 bits per heavy atom. The number of thioether (sulfide) groups is 1. The topological polar surface area (TPSA) is 97.2 Å². The highest BCUT2D eigenvalue weighted by atomic mass is 32.2. The van der Waals surface area contributed by atoms with E-state index in [4.69, 9.17) is 14.0 Å². The summed E-state index contributed by atoms with van der Waals surface area (Å²) < 4.78 is 21.0. The molecule has 0 unspecified atom stereocenters. The molecule has 5 rings (SSSR count). The van der Waals surface area contributed by atoms with Gasteiger partial charge < -0.3 is 14.0 Å². The van der Waals surface area contributed by atoms with Crippen LogP contribution in [0.15, 0.2) is 58.7 Å². The fraction of sp³-hybridized carbons (Fsp3) is 0.280. The number of carbonyl (C=O) groups is 1. The second kappa shape index (κ2) is 9.46. The maximum Gasteiger partial charge on any atom is 0.192 e. The van der Waals surface area contributed by atoms with Crippen LogP contribution in [0.3, 0.4) is 0 Å². The lowest BCUT2D eigenvalue weighted by molar-refractivity contribution is 0.0821. The SMILES string of the molecule is C=CCn1c(SCC(=O)c2cc(C)n(-c3cc(C)on3)c2C)nnc1[C@H]1COc2ccccc2O1. The van der Waals surface area contributed by atoms with Crippen molar-refractivity contribution in [3.8, 4) is 17.3 Å². The van der Waals surface area contributed by atoms with Crippen LogP contribution in [0.1, 0.15) is 39.4 Å². The van der Waals surface area contributed by atoms with Gasteiger partial charge in [0.2, 0.25) is 0 Å². The Morgan fingerprint density at radius 3 is 2.74 bits per heavy atom. The van der Waals surface area contributed by atoms with Crippen molar-refractivity contribution >= 4 is 17.5 Å².